The van der Waals surface area contributed by atoms with Gasteiger partial charge >= 0.3 is 29.6 Å². The van der Waals surface area contributed by atoms with Crippen LogP contribution in [0.1, 0.15) is 1.43 Å². The maximum Gasteiger partial charge on any atom is 1.00 e. The molecule has 1 rings (SSSR count). The van der Waals surface area contributed by atoms with Crippen LogP contribution in [0.4, 0.5) is 0 Å². The standard InChI is InChI=1S/C6H5ClO.Na.H/c7-5-1-3-6(8)4-2-5;;/h1-4,8H;;/q;+1;-1. The molecule has 0 aliphatic carbocycles. The van der Waals surface area contributed by atoms with E-state index in [1.165, 1.54) is 0 Å². The van der Waals surface area contributed by atoms with Crippen LogP contribution in [-0.2, 0) is 0 Å². The van der Waals surface area contributed by atoms with Gasteiger partial charge in [-0.15, -0.1) is 0 Å². The van der Waals surface area contributed by atoms with E-state index in [-0.39, 0.29) is 36.7 Å². The number of halogens is 1. The summed E-state index contributed by atoms with van der Waals surface area (Å²) in [7, 11) is 0. The second-order valence-electron chi connectivity index (χ2n) is 1.48. The molecule has 1 aromatic carbocycles. The topological polar surface area (TPSA) is 20.2 Å². The van der Waals surface area contributed by atoms with Crippen LogP contribution >= 0.6 is 11.6 Å². The first kappa shape index (κ1) is 9.31. The van der Waals surface area contributed by atoms with Crippen LogP contribution in [0.5, 0.6) is 5.75 Å². The quantitative estimate of drug-likeness (QED) is 0.481. The number of hydrogen-bond donors (Lipinski definition) is 1. The molecule has 0 amide bonds. The Labute approximate surface area is 82.4 Å². The Morgan fingerprint density at radius 1 is 1.22 bits per heavy atom. The van der Waals surface area contributed by atoms with Crippen LogP contribution in [0.2, 0.25) is 5.02 Å². The van der Waals surface area contributed by atoms with Crippen molar-refractivity contribution < 1.29 is 36.1 Å². The fourth-order valence-corrected chi connectivity index (χ4v) is 0.567. The Balaban J connectivity index is 0. The number of hydrogen-bond acceptors (Lipinski definition) is 1. The van der Waals surface area contributed by atoms with E-state index in [2.05, 4.69) is 0 Å². The van der Waals surface area contributed by atoms with E-state index >= 15 is 0 Å². The Bertz CT molecular complexity index is 157. The van der Waals surface area contributed by atoms with Crippen molar-refractivity contribution in [2.45, 2.75) is 0 Å². The molecule has 0 radical (unpaired) electrons. The summed E-state index contributed by atoms with van der Waals surface area (Å²) in [5, 5.41) is 9.34. The van der Waals surface area contributed by atoms with Gasteiger partial charge in [0.15, 0.2) is 0 Å². The maximum absolute atomic E-state index is 8.70. The van der Waals surface area contributed by atoms with Crippen LogP contribution in [0.3, 0.4) is 0 Å². The van der Waals surface area contributed by atoms with Gasteiger partial charge in [-0.05, 0) is 24.3 Å². The van der Waals surface area contributed by atoms with Gasteiger partial charge < -0.3 is 6.53 Å². The molecule has 0 aliphatic heterocycles. The van der Waals surface area contributed by atoms with Gasteiger partial charge in [0.2, 0.25) is 0 Å². The van der Waals surface area contributed by atoms with Gasteiger partial charge in [-0.2, -0.15) is 0 Å². The summed E-state index contributed by atoms with van der Waals surface area (Å²) in [6.45, 7) is 0. The molecule has 0 heterocycles. The van der Waals surface area contributed by atoms with Gasteiger partial charge in [-0.1, -0.05) is 11.6 Å². The number of rotatable bonds is 0. The van der Waals surface area contributed by atoms with Crippen molar-refractivity contribution in [3.8, 4) is 5.75 Å². The molecule has 0 atom stereocenters. The minimum absolute atomic E-state index is 0. The van der Waals surface area contributed by atoms with Gasteiger partial charge in [0.05, 0.1) is 0 Å². The van der Waals surface area contributed by atoms with Gasteiger partial charge in [0.1, 0.15) is 5.75 Å². The van der Waals surface area contributed by atoms with Crippen LogP contribution in [0.15, 0.2) is 24.3 Å². The maximum atomic E-state index is 8.70. The van der Waals surface area contributed by atoms with Crippen LogP contribution in [-0.4, -0.2) is 5.11 Å². The average molecular weight is 153 g/mol. The SMILES string of the molecule is Oc1ccc(Cl)cc1.[H-].[Na+]. The Morgan fingerprint density at radius 3 is 2.00 bits per heavy atom. The number of phenolic OH excluding ortho intramolecular Hbond substituents is 1. The van der Waals surface area contributed by atoms with Gasteiger partial charge in [-0.25, -0.2) is 0 Å². The predicted molar refractivity (Wildman–Crippen MR) is 34.2 cm³/mol. The normalized spacial score (nSPS) is 8.11. The van der Waals surface area contributed by atoms with E-state index in [0.29, 0.717) is 5.02 Å². The molecular formula is C6H6ClNaO. The zero-order valence-corrected chi connectivity index (χ0v) is 7.89. The van der Waals surface area contributed by atoms with Crippen molar-refractivity contribution in [3.05, 3.63) is 29.3 Å². The van der Waals surface area contributed by atoms with E-state index in [0.717, 1.165) is 0 Å². The molecule has 0 bridgehead atoms. The zero-order valence-electron chi connectivity index (χ0n) is 6.13. The largest absolute Gasteiger partial charge is 1.00 e. The second kappa shape index (κ2) is 4.18. The summed E-state index contributed by atoms with van der Waals surface area (Å²) >= 11 is 5.50. The minimum atomic E-state index is 0. The molecule has 1 N–H and O–H groups in total. The van der Waals surface area contributed by atoms with E-state index in [9.17, 15) is 0 Å². The first-order chi connectivity index (χ1) is 3.79. The fraction of sp³-hybridized carbons (Fsp3) is 0. The van der Waals surface area contributed by atoms with Crippen molar-refractivity contribution in [2.24, 2.45) is 0 Å². The molecule has 0 saturated heterocycles. The predicted octanol–water partition coefficient (Wildman–Crippen LogP) is -0.838. The molecule has 0 aromatic heterocycles. The van der Waals surface area contributed by atoms with Crippen molar-refractivity contribution >= 4 is 11.6 Å². The van der Waals surface area contributed by atoms with E-state index < -0.39 is 0 Å². The molecule has 1 aromatic rings. The molecule has 0 saturated carbocycles. The number of benzene rings is 1. The summed E-state index contributed by atoms with van der Waals surface area (Å²) in [4.78, 5) is 0. The third kappa shape index (κ3) is 3.11. The smallest absolute Gasteiger partial charge is 1.00 e. The zero-order chi connectivity index (χ0) is 5.98. The van der Waals surface area contributed by atoms with Crippen LogP contribution in [0, 0.1) is 0 Å². The molecule has 0 fully saturated rings. The Morgan fingerprint density at radius 2 is 1.67 bits per heavy atom. The summed E-state index contributed by atoms with van der Waals surface area (Å²) in [6, 6.07) is 6.36. The first-order valence-electron chi connectivity index (χ1n) is 2.23. The number of aromatic hydroxyl groups is 1. The summed E-state index contributed by atoms with van der Waals surface area (Å²) in [5.41, 5.74) is 0. The fourth-order valence-electron chi connectivity index (χ4n) is 0.441. The molecule has 44 valence electrons. The van der Waals surface area contributed by atoms with Crippen molar-refractivity contribution in [1.29, 1.82) is 0 Å². The molecule has 3 heteroatoms. The third-order valence-corrected chi connectivity index (χ3v) is 1.08. The monoisotopic (exact) mass is 152 g/mol. The van der Waals surface area contributed by atoms with E-state index in [4.69, 9.17) is 16.7 Å². The molecule has 9 heavy (non-hydrogen) atoms. The average Bonchev–Trinajstić information content (AvgIpc) is 1.77. The van der Waals surface area contributed by atoms with Crippen molar-refractivity contribution in [1.82, 2.24) is 0 Å². The molecule has 0 aliphatic rings. The van der Waals surface area contributed by atoms with Crippen LogP contribution < -0.4 is 29.6 Å². The van der Waals surface area contributed by atoms with E-state index in [1.807, 2.05) is 0 Å². The second-order valence-corrected chi connectivity index (χ2v) is 1.91. The molecule has 0 spiro atoms. The summed E-state index contributed by atoms with van der Waals surface area (Å²) < 4.78 is 0. The summed E-state index contributed by atoms with van der Waals surface area (Å²) in [6.07, 6.45) is 0. The summed E-state index contributed by atoms with van der Waals surface area (Å²) in [5.74, 6) is 0.245. The van der Waals surface area contributed by atoms with Gasteiger partial charge in [0.25, 0.3) is 0 Å². The van der Waals surface area contributed by atoms with E-state index in [1.54, 1.807) is 24.3 Å². The minimum Gasteiger partial charge on any atom is -1.00 e. The van der Waals surface area contributed by atoms with Crippen LogP contribution in [0.25, 0.3) is 0 Å². The molecule has 0 unspecified atom stereocenters. The number of phenols is 1. The van der Waals surface area contributed by atoms with Gasteiger partial charge in [-0.3, -0.25) is 0 Å². The molecule has 1 nitrogen and oxygen atoms in total. The van der Waals surface area contributed by atoms with Crippen molar-refractivity contribution in [2.75, 3.05) is 0 Å². The van der Waals surface area contributed by atoms with Gasteiger partial charge in [0, 0.05) is 5.02 Å². The Kier molecular flexibility index (Phi) is 4.32. The van der Waals surface area contributed by atoms with Crippen molar-refractivity contribution in [3.63, 3.8) is 0 Å². The Hall–Kier alpha value is 0.310. The molecular weight excluding hydrogens is 147 g/mol. The third-order valence-electron chi connectivity index (χ3n) is 0.827. The first-order valence-corrected chi connectivity index (χ1v) is 2.61.